The maximum atomic E-state index is 12.4. The number of aromatic nitrogens is 1. The highest BCUT2D eigenvalue weighted by Crippen LogP contribution is 2.28. The number of Topliss-reactive ketones (excluding diaryl/α,β-unsaturated/α-hetero) is 1. The molecule has 128 valence electrons. The number of nitrogens with zero attached hydrogens (tertiary/aromatic N) is 1. The Morgan fingerprint density at radius 2 is 1.76 bits per heavy atom. The second kappa shape index (κ2) is 7.62. The lowest BCUT2D eigenvalue weighted by atomic mass is 10.0. The van der Waals surface area contributed by atoms with Crippen molar-refractivity contribution in [2.24, 2.45) is 0 Å². The van der Waals surface area contributed by atoms with E-state index < -0.39 is 0 Å². The highest BCUT2D eigenvalue weighted by molar-refractivity contribution is 7.17. The molecule has 0 aliphatic heterocycles. The van der Waals surface area contributed by atoms with Crippen molar-refractivity contribution < 1.29 is 9.90 Å². The molecule has 0 radical (unpaired) electrons. The Kier molecular flexibility index (Phi) is 5.29. The molecule has 0 saturated heterocycles. The first kappa shape index (κ1) is 17.4. The van der Waals surface area contributed by atoms with Gasteiger partial charge in [0.15, 0.2) is 10.8 Å². The van der Waals surface area contributed by atoms with Gasteiger partial charge in [-0.15, -0.1) is 11.3 Å². The van der Waals surface area contributed by atoms with Crippen LogP contribution in [0.15, 0.2) is 54.7 Å². The molecule has 0 bridgehead atoms. The van der Waals surface area contributed by atoms with Crippen molar-refractivity contribution in [3.63, 3.8) is 0 Å². The van der Waals surface area contributed by atoms with E-state index in [1.54, 1.807) is 18.3 Å². The van der Waals surface area contributed by atoms with E-state index in [0.717, 1.165) is 16.0 Å². The zero-order chi connectivity index (χ0) is 17.8. The van der Waals surface area contributed by atoms with Crippen LogP contribution in [-0.2, 0) is 6.42 Å². The molecular formula is C21H21NO2S. The number of carbonyl (C=O) groups excluding carboxylic acids is 1. The van der Waals surface area contributed by atoms with Gasteiger partial charge in [0.25, 0.3) is 0 Å². The van der Waals surface area contributed by atoms with Crippen LogP contribution in [0.2, 0.25) is 0 Å². The van der Waals surface area contributed by atoms with Crippen molar-refractivity contribution in [3.8, 4) is 16.2 Å². The summed E-state index contributed by atoms with van der Waals surface area (Å²) in [5, 5.41) is 9.85. The van der Waals surface area contributed by atoms with Crippen LogP contribution in [0.4, 0.5) is 0 Å². The molecule has 2 aromatic carbocycles. The average Bonchev–Trinajstić information content (AvgIpc) is 3.11. The molecule has 3 aromatic rings. The second-order valence-electron chi connectivity index (χ2n) is 6.40. The van der Waals surface area contributed by atoms with E-state index in [4.69, 9.17) is 0 Å². The maximum Gasteiger partial charge on any atom is 0.191 e. The minimum atomic E-state index is 0.0584. The van der Waals surface area contributed by atoms with E-state index in [2.05, 4.69) is 43.1 Å². The van der Waals surface area contributed by atoms with Crippen LogP contribution in [0.25, 0.3) is 10.4 Å². The number of aromatic hydroxyl groups is 1. The van der Waals surface area contributed by atoms with Crippen LogP contribution >= 0.6 is 11.3 Å². The highest BCUT2D eigenvalue weighted by Gasteiger charge is 2.12. The fourth-order valence-electron chi connectivity index (χ4n) is 2.60. The van der Waals surface area contributed by atoms with Gasteiger partial charge < -0.3 is 5.11 Å². The number of carbonyl (C=O) groups is 1. The molecule has 0 unspecified atom stereocenters. The van der Waals surface area contributed by atoms with E-state index in [-0.39, 0.29) is 11.5 Å². The number of ketones is 1. The van der Waals surface area contributed by atoms with Gasteiger partial charge in [0.2, 0.25) is 0 Å². The fraction of sp³-hybridized carbons (Fsp3) is 0.238. The van der Waals surface area contributed by atoms with Crippen LogP contribution in [0.1, 0.15) is 47.1 Å². The number of benzene rings is 2. The molecule has 1 N–H and O–H groups in total. The van der Waals surface area contributed by atoms with Gasteiger partial charge in [-0.2, -0.15) is 0 Å². The summed E-state index contributed by atoms with van der Waals surface area (Å²) in [7, 11) is 0. The third-order valence-corrected chi connectivity index (χ3v) is 5.27. The number of aryl methyl sites for hydroxylation is 1. The van der Waals surface area contributed by atoms with Crippen molar-refractivity contribution >= 4 is 17.1 Å². The summed E-state index contributed by atoms with van der Waals surface area (Å²) in [4.78, 5) is 17.7. The van der Waals surface area contributed by atoms with Crippen LogP contribution in [0, 0.1) is 0 Å². The highest BCUT2D eigenvalue weighted by atomic mass is 32.1. The molecule has 3 nitrogen and oxygen atoms in total. The Morgan fingerprint density at radius 1 is 1.08 bits per heavy atom. The Hall–Kier alpha value is -2.46. The van der Waals surface area contributed by atoms with Gasteiger partial charge in [-0.3, -0.25) is 4.79 Å². The molecule has 0 amide bonds. The Morgan fingerprint density at radius 3 is 2.40 bits per heavy atom. The minimum absolute atomic E-state index is 0.0584. The number of hydrogen-bond acceptors (Lipinski definition) is 4. The Bertz CT molecular complexity index is 848. The SMILES string of the molecule is CC(C)c1ccc(-c2cnc(C(=O)CCc3ccc(O)cc3)s2)cc1. The molecule has 1 heterocycles. The van der Waals surface area contributed by atoms with Gasteiger partial charge in [0.1, 0.15) is 5.75 Å². The van der Waals surface area contributed by atoms with E-state index >= 15 is 0 Å². The van der Waals surface area contributed by atoms with Crippen LogP contribution < -0.4 is 0 Å². The van der Waals surface area contributed by atoms with E-state index in [0.29, 0.717) is 23.8 Å². The first-order valence-electron chi connectivity index (χ1n) is 8.40. The monoisotopic (exact) mass is 351 g/mol. The molecule has 0 saturated carbocycles. The molecule has 4 heteroatoms. The first-order chi connectivity index (χ1) is 12.0. The van der Waals surface area contributed by atoms with E-state index in [9.17, 15) is 9.90 Å². The molecule has 0 aliphatic rings. The Balaban J connectivity index is 1.65. The van der Waals surface area contributed by atoms with Gasteiger partial charge in [0.05, 0.1) is 4.88 Å². The third-order valence-electron chi connectivity index (χ3n) is 4.18. The van der Waals surface area contributed by atoms with Crippen molar-refractivity contribution in [2.45, 2.75) is 32.6 Å². The van der Waals surface area contributed by atoms with Crippen molar-refractivity contribution in [1.82, 2.24) is 4.98 Å². The number of phenolic OH excluding ortho intramolecular Hbond substituents is 1. The van der Waals surface area contributed by atoms with Gasteiger partial charge >= 0.3 is 0 Å². The molecule has 25 heavy (non-hydrogen) atoms. The van der Waals surface area contributed by atoms with Crippen molar-refractivity contribution in [1.29, 1.82) is 0 Å². The molecular weight excluding hydrogens is 330 g/mol. The molecule has 1 aromatic heterocycles. The third kappa shape index (κ3) is 4.34. The Labute approximate surface area is 152 Å². The number of thiazole rings is 1. The van der Waals surface area contributed by atoms with Crippen LogP contribution in [0.5, 0.6) is 5.75 Å². The number of rotatable bonds is 6. The summed E-state index contributed by atoms with van der Waals surface area (Å²) < 4.78 is 0. The average molecular weight is 351 g/mol. The van der Waals surface area contributed by atoms with Crippen LogP contribution in [0.3, 0.4) is 0 Å². The summed E-state index contributed by atoms with van der Waals surface area (Å²) in [6.45, 7) is 4.35. The van der Waals surface area contributed by atoms with Gasteiger partial charge in [-0.1, -0.05) is 50.2 Å². The molecule has 0 aliphatic carbocycles. The minimum Gasteiger partial charge on any atom is -0.508 e. The van der Waals surface area contributed by atoms with E-state index in [1.807, 2.05) is 12.1 Å². The fourth-order valence-corrected chi connectivity index (χ4v) is 3.49. The summed E-state index contributed by atoms with van der Waals surface area (Å²) in [5.41, 5.74) is 3.44. The van der Waals surface area contributed by atoms with Crippen LogP contribution in [-0.4, -0.2) is 15.9 Å². The van der Waals surface area contributed by atoms with E-state index in [1.165, 1.54) is 16.9 Å². The summed E-state index contributed by atoms with van der Waals surface area (Å²) in [6, 6.07) is 15.4. The lowest BCUT2D eigenvalue weighted by Crippen LogP contribution is -2.00. The summed E-state index contributed by atoms with van der Waals surface area (Å²) in [6.07, 6.45) is 2.85. The van der Waals surface area contributed by atoms with Gasteiger partial charge in [-0.05, 0) is 41.2 Å². The zero-order valence-electron chi connectivity index (χ0n) is 14.4. The zero-order valence-corrected chi connectivity index (χ0v) is 15.2. The largest absolute Gasteiger partial charge is 0.508 e. The predicted molar refractivity (Wildman–Crippen MR) is 102 cm³/mol. The molecule has 0 fully saturated rings. The molecule has 0 atom stereocenters. The smallest absolute Gasteiger partial charge is 0.191 e. The maximum absolute atomic E-state index is 12.4. The molecule has 3 rings (SSSR count). The van der Waals surface area contributed by atoms with Crippen molar-refractivity contribution in [3.05, 3.63) is 70.9 Å². The number of hydrogen-bond donors (Lipinski definition) is 1. The normalized spacial score (nSPS) is 11.0. The quantitative estimate of drug-likeness (QED) is 0.600. The summed E-state index contributed by atoms with van der Waals surface area (Å²) in [5.74, 6) is 0.804. The standard InChI is InChI=1S/C21H21NO2S/c1-14(2)16-6-8-17(9-7-16)20-13-22-21(25-20)19(24)12-5-15-3-10-18(23)11-4-15/h3-4,6-11,13-14,23H,5,12H2,1-2H3. The lowest BCUT2D eigenvalue weighted by molar-refractivity contribution is 0.0982. The second-order valence-corrected chi connectivity index (χ2v) is 7.43. The summed E-state index contributed by atoms with van der Waals surface area (Å²) >= 11 is 1.45. The topological polar surface area (TPSA) is 50.2 Å². The first-order valence-corrected chi connectivity index (χ1v) is 9.22. The predicted octanol–water partition coefficient (Wildman–Crippen LogP) is 5.45. The molecule has 0 spiro atoms. The van der Waals surface area contributed by atoms with Crippen molar-refractivity contribution in [2.75, 3.05) is 0 Å². The number of phenols is 1. The van der Waals surface area contributed by atoms with Gasteiger partial charge in [-0.25, -0.2) is 4.98 Å². The lowest BCUT2D eigenvalue weighted by Gasteiger charge is -2.05. The van der Waals surface area contributed by atoms with Gasteiger partial charge in [0, 0.05) is 12.6 Å².